The molecule has 2 aromatic heterocycles. The summed E-state index contributed by atoms with van der Waals surface area (Å²) in [4.78, 5) is 0. The summed E-state index contributed by atoms with van der Waals surface area (Å²) in [7, 11) is -3.63. The van der Waals surface area contributed by atoms with E-state index in [1.165, 1.54) is 12.1 Å². The van der Waals surface area contributed by atoms with Crippen molar-refractivity contribution in [2.75, 3.05) is 0 Å². The maximum absolute atomic E-state index is 15.4. The first-order valence-corrected chi connectivity index (χ1v) is 22.5. The molecule has 0 bridgehead atoms. The van der Waals surface area contributed by atoms with Gasteiger partial charge in [0.15, 0.2) is 8.07 Å². The van der Waals surface area contributed by atoms with Crippen LogP contribution in [0.3, 0.4) is 0 Å². The van der Waals surface area contributed by atoms with Crippen molar-refractivity contribution in [2.45, 2.75) is 12.4 Å². The van der Waals surface area contributed by atoms with Gasteiger partial charge in [-0.25, -0.2) is 0 Å². The molecule has 62 heavy (non-hydrogen) atoms. The highest BCUT2D eigenvalue weighted by atomic mass is 28.3. The molecule has 10 heteroatoms. The minimum atomic E-state index is -4.77. The number of fused-ring (bicyclic) bond motifs is 11. The first-order valence-electron chi connectivity index (χ1n) is 20.5. The van der Waals surface area contributed by atoms with Crippen LogP contribution in [0.25, 0.3) is 77.6 Å². The molecule has 0 aliphatic carbocycles. The maximum atomic E-state index is 15.4. The molecule has 0 fully saturated rings. The normalized spacial score (nSPS) is 14.7. The molecule has 8 aromatic carbocycles. The fraction of sp³-hybridized carbons (Fsp3) is 0.0385. The van der Waals surface area contributed by atoms with Crippen LogP contribution in [0.2, 0.25) is 0 Å². The fourth-order valence-corrected chi connectivity index (χ4v) is 17.6. The lowest BCUT2D eigenvalue weighted by molar-refractivity contribution is -0.138. The Labute approximate surface area is 351 Å². The van der Waals surface area contributed by atoms with Crippen LogP contribution in [0.15, 0.2) is 164 Å². The van der Waals surface area contributed by atoms with Crippen LogP contribution in [0, 0.1) is 0 Å². The average Bonchev–Trinajstić information content (AvgIpc) is 3.91. The lowest BCUT2D eigenvalue weighted by Crippen LogP contribution is -2.77. The zero-order valence-electron chi connectivity index (χ0n) is 32.3. The summed E-state index contributed by atoms with van der Waals surface area (Å²) in [5.74, 6) is 0. The van der Waals surface area contributed by atoms with Crippen molar-refractivity contribution in [3.63, 3.8) is 0 Å². The van der Waals surface area contributed by atoms with Gasteiger partial charge in [-0.15, -0.1) is 0 Å². The Morgan fingerprint density at radius 1 is 0.435 bits per heavy atom. The van der Waals surface area contributed by atoms with Gasteiger partial charge in [-0.1, -0.05) is 140 Å². The molecule has 0 amide bonds. The van der Waals surface area contributed by atoms with Gasteiger partial charge in [-0.05, 0) is 83.7 Å². The molecule has 0 N–H and O–H groups in total. The van der Waals surface area contributed by atoms with Crippen LogP contribution < -0.4 is 37.1 Å². The minimum Gasteiger partial charge on any atom is -0.310 e. The average molecular weight is 833 g/mol. The Morgan fingerprint density at radius 2 is 1.02 bits per heavy atom. The van der Waals surface area contributed by atoms with Crippen molar-refractivity contribution in [1.29, 1.82) is 0 Å². The van der Waals surface area contributed by atoms with E-state index < -0.39 is 38.3 Å². The van der Waals surface area contributed by atoms with Gasteiger partial charge in [0.2, 0.25) is 0 Å². The second kappa shape index (κ2) is 11.3. The highest BCUT2D eigenvalue weighted by Gasteiger charge is 2.57. The van der Waals surface area contributed by atoms with Gasteiger partial charge in [-0.2, -0.15) is 26.3 Å². The standard InChI is InChI=1S/C52H27BF6N2Si/c54-51(55,56)30-24-35-36-25-31(52(57,58)59)27-43-49(36)61-48(35)38(26-30)53-37-19-11-18-34-44(28-12-3-1-4-13-28)46(29-14-5-2-6-15-29)60(47(34)37)39-22-23-42(50(61)45(39)53)62(43)40-20-9-7-16-32(40)33-17-8-10-21-41(33)62/h1-27H. The van der Waals surface area contributed by atoms with Gasteiger partial charge < -0.3 is 9.13 Å². The smallest absolute Gasteiger partial charge is 0.310 e. The Kier molecular flexibility index (Phi) is 6.29. The molecule has 0 atom stereocenters. The lowest BCUT2D eigenvalue weighted by Gasteiger charge is -2.43. The molecule has 1 spiro atoms. The number of halogens is 6. The summed E-state index contributed by atoms with van der Waals surface area (Å²) >= 11 is 0. The van der Waals surface area contributed by atoms with E-state index in [1.54, 1.807) is 0 Å². The molecule has 10 aromatic rings. The van der Waals surface area contributed by atoms with E-state index >= 15 is 26.3 Å². The van der Waals surface area contributed by atoms with Gasteiger partial charge >= 0.3 is 12.4 Å². The van der Waals surface area contributed by atoms with Gasteiger partial charge in [0, 0.05) is 44.1 Å². The molecule has 2 nitrogen and oxygen atoms in total. The van der Waals surface area contributed by atoms with Crippen LogP contribution in [-0.4, -0.2) is 23.9 Å². The van der Waals surface area contributed by atoms with E-state index in [2.05, 4.69) is 75.9 Å². The van der Waals surface area contributed by atoms with Crippen molar-refractivity contribution < 1.29 is 26.3 Å². The lowest BCUT2D eigenvalue weighted by atomic mass is 9.34. The first kappa shape index (κ1) is 34.7. The van der Waals surface area contributed by atoms with E-state index in [-0.39, 0.29) is 10.8 Å². The zero-order valence-corrected chi connectivity index (χ0v) is 33.3. The second-order valence-electron chi connectivity index (χ2n) is 16.9. The van der Waals surface area contributed by atoms with E-state index in [0.29, 0.717) is 21.7 Å². The number of rotatable bonds is 2. The summed E-state index contributed by atoms with van der Waals surface area (Å²) in [6.07, 6.45) is -9.53. The van der Waals surface area contributed by atoms with Crippen LogP contribution in [0.1, 0.15) is 11.1 Å². The molecule has 0 unspecified atom stereocenters. The topological polar surface area (TPSA) is 9.86 Å². The van der Waals surface area contributed by atoms with Crippen molar-refractivity contribution in [3.8, 4) is 44.9 Å². The van der Waals surface area contributed by atoms with Crippen molar-refractivity contribution in [1.82, 2.24) is 9.13 Å². The Balaban J connectivity index is 1.26. The molecular weight excluding hydrogens is 805 g/mol. The van der Waals surface area contributed by atoms with Crippen LogP contribution in [0.4, 0.5) is 26.3 Å². The van der Waals surface area contributed by atoms with Gasteiger partial charge in [-0.3, -0.25) is 0 Å². The predicted molar refractivity (Wildman–Crippen MR) is 239 cm³/mol. The van der Waals surface area contributed by atoms with Crippen molar-refractivity contribution >= 4 is 84.6 Å². The van der Waals surface area contributed by atoms with E-state index in [4.69, 9.17) is 0 Å². The summed E-state index contributed by atoms with van der Waals surface area (Å²) in [6.45, 7) is -0.665. The SMILES string of the molecule is FC(F)(F)c1cc2c3c(c1)c1cc(C(F)(F)F)cc4c1n3-c1c(ccc3c1B2c1cccc2c(-c5ccccc5)c(-c5ccccc5)n-3c12)[Si]41c2ccccc2-c2ccccc21. The maximum Gasteiger partial charge on any atom is 0.416 e. The van der Waals surface area contributed by atoms with E-state index in [1.807, 2.05) is 72.8 Å². The van der Waals surface area contributed by atoms with Gasteiger partial charge in [0.05, 0.1) is 22.3 Å². The monoisotopic (exact) mass is 832 g/mol. The van der Waals surface area contributed by atoms with Gasteiger partial charge in [0.25, 0.3) is 6.71 Å². The highest BCUT2D eigenvalue weighted by Crippen LogP contribution is 2.48. The Hall–Kier alpha value is -7.04. The number of benzene rings is 8. The number of para-hydroxylation sites is 1. The molecule has 294 valence electrons. The summed E-state index contributed by atoms with van der Waals surface area (Å²) in [5, 5.41) is 4.74. The molecule has 4 aliphatic rings. The van der Waals surface area contributed by atoms with Crippen molar-refractivity contribution in [2.24, 2.45) is 0 Å². The summed E-state index contributed by atoms with van der Waals surface area (Å²) in [5.41, 5.74) is 9.98. The third kappa shape index (κ3) is 3.96. The second-order valence-corrected chi connectivity index (χ2v) is 20.6. The highest BCUT2D eigenvalue weighted by molar-refractivity contribution is 7.24. The third-order valence-corrected chi connectivity index (χ3v) is 19.0. The Bertz CT molecular complexity index is 3630. The Morgan fingerprint density at radius 3 is 1.68 bits per heavy atom. The number of alkyl halides is 6. The third-order valence-electron chi connectivity index (χ3n) is 14.1. The molecule has 0 saturated carbocycles. The van der Waals surface area contributed by atoms with E-state index in [0.717, 1.165) is 94.4 Å². The largest absolute Gasteiger partial charge is 0.416 e. The summed E-state index contributed by atoms with van der Waals surface area (Å²) < 4.78 is 96.4. The first-order chi connectivity index (χ1) is 30.1. The quantitative estimate of drug-likeness (QED) is 0.122. The minimum absolute atomic E-state index is 0.174. The van der Waals surface area contributed by atoms with Gasteiger partial charge in [0.1, 0.15) is 0 Å². The number of nitrogens with zero attached hydrogens (tertiary/aromatic N) is 2. The zero-order chi connectivity index (χ0) is 41.6. The molecule has 4 aliphatic heterocycles. The molecule has 14 rings (SSSR count). The number of hydrogen-bond donors (Lipinski definition) is 0. The molecule has 0 saturated heterocycles. The predicted octanol–water partition coefficient (Wildman–Crippen LogP) is 8.91. The van der Waals surface area contributed by atoms with Crippen molar-refractivity contribution in [3.05, 3.63) is 175 Å². The van der Waals surface area contributed by atoms with Crippen LogP contribution >= 0.6 is 0 Å². The fourth-order valence-electron chi connectivity index (χ4n) is 12.0. The number of hydrogen-bond acceptors (Lipinski definition) is 0. The summed E-state index contributed by atoms with van der Waals surface area (Å²) in [6, 6.07) is 51.6. The van der Waals surface area contributed by atoms with Crippen LogP contribution in [-0.2, 0) is 12.4 Å². The van der Waals surface area contributed by atoms with E-state index in [9.17, 15) is 0 Å². The molecular formula is C52H27BF6N2Si. The van der Waals surface area contributed by atoms with Crippen LogP contribution in [0.5, 0.6) is 0 Å². The molecule has 6 heterocycles. The molecule has 0 radical (unpaired) electrons. The number of aromatic nitrogens is 2.